The molecule has 1 aliphatic rings. The van der Waals surface area contributed by atoms with Crippen molar-refractivity contribution < 1.29 is 0 Å². The molecule has 0 amide bonds. The first-order chi connectivity index (χ1) is 14.2. The van der Waals surface area contributed by atoms with E-state index in [1.54, 1.807) is 0 Å². The number of hydrogen-bond donors (Lipinski definition) is 4. The first-order valence-electron chi connectivity index (χ1n) is 10.1. The quantitative estimate of drug-likeness (QED) is 0.412. The van der Waals surface area contributed by atoms with Crippen molar-refractivity contribution in [1.82, 2.24) is 25.1 Å². The van der Waals surface area contributed by atoms with Gasteiger partial charge in [-0.15, -0.1) is 0 Å². The van der Waals surface area contributed by atoms with Crippen LogP contribution in [0.15, 0.2) is 54.6 Å². The number of H-pyrrole nitrogens is 2. The molecule has 0 bridgehead atoms. The van der Waals surface area contributed by atoms with Crippen LogP contribution in [0.2, 0.25) is 0 Å². The molecule has 29 heavy (non-hydrogen) atoms. The number of nitrogens with zero attached hydrogens (tertiary/aromatic N) is 3. The molecule has 0 atom stereocenters. The molecule has 0 spiro atoms. The first-order valence-corrected chi connectivity index (χ1v) is 10.1. The molecule has 2 aromatic heterocycles. The smallest absolute Gasteiger partial charge is 0.156 e. The van der Waals surface area contributed by atoms with Gasteiger partial charge in [-0.3, -0.25) is 5.10 Å². The van der Waals surface area contributed by atoms with Crippen molar-refractivity contribution >= 4 is 28.2 Å². The van der Waals surface area contributed by atoms with E-state index in [1.807, 2.05) is 30.3 Å². The summed E-state index contributed by atoms with van der Waals surface area (Å²) in [6.45, 7) is 2.31. The monoisotopic (exact) mass is 387 g/mol. The number of piperidine rings is 1. The molecule has 2 aromatic carbocycles. The second-order valence-electron chi connectivity index (χ2n) is 7.69. The van der Waals surface area contributed by atoms with Crippen molar-refractivity contribution in [3.63, 3.8) is 0 Å². The summed E-state index contributed by atoms with van der Waals surface area (Å²) in [6, 6.07) is 18.9. The molecule has 5 rings (SSSR count). The van der Waals surface area contributed by atoms with Gasteiger partial charge in [0, 0.05) is 23.5 Å². The van der Waals surface area contributed by atoms with Gasteiger partial charge in [-0.2, -0.15) is 5.10 Å². The van der Waals surface area contributed by atoms with E-state index in [0.29, 0.717) is 6.04 Å². The number of anilines is 3. The Morgan fingerprint density at radius 2 is 1.76 bits per heavy atom. The maximum atomic E-state index is 4.61. The van der Waals surface area contributed by atoms with Gasteiger partial charge in [-0.05, 0) is 69.4 Å². The number of fused-ring (bicyclic) bond motifs is 1. The highest BCUT2D eigenvalue weighted by Gasteiger charge is 2.16. The molecule has 0 unspecified atom stereocenters. The van der Waals surface area contributed by atoms with Crippen LogP contribution in [0.25, 0.3) is 22.6 Å². The molecule has 7 nitrogen and oxygen atoms in total. The standard InChI is InChI=1S/C22H25N7/c1-29-12-10-17(11-13-29)23-15-6-8-16(9-7-15)24-21-14-20(27-28-21)22-25-18-4-2-3-5-19(18)26-22/h2-9,14,17,23H,10-13H2,1H3,(H,25,26)(H2,24,27,28). The van der Waals surface area contributed by atoms with Crippen molar-refractivity contribution in [1.29, 1.82) is 0 Å². The SMILES string of the molecule is CN1CCC(Nc2ccc(Nc3cc(-c4nc5ccccc5[nH]4)[nH]n3)cc2)CC1. The number of hydrogen-bond acceptors (Lipinski definition) is 5. The normalized spacial score (nSPS) is 15.6. The summed E-state index contributed by atoms with van der Waals surface area (Å²) in [5.41, 5.74) is 4.97. The molecular formula is C22H25N7. The molecule has 0 saturated carbocycles. The Balaban J connectivity index is 1.24. The van der Waals surface area contributed by atoms with E-state index >= 15 is 0 Å². The Kier molecular flexibility index (Phi) is 4.65. The molecular weight excluding hydrogens is 362 g/mol. The van der Waals surface area contributed by atoms with Crippen LogP contribution in [0.3, 0.4) is 0 Å². The van der Waals surface area contributed by atoms with Crippen molar-refractivity contribution in [3.05, 3.63) is 54.6 Å². The zero-order valence-electron chi connectivity index (χ0n) is 16.4. The molecule has 3 heterocycles. The van der Waals surface area contributed by atoms with E-state index in [1.165, 1.54) is 12.8 Å². The highest BCUT2D eigenvalue weighted by atomic mass is 15.2. The molecule has 4 N–H and O–H groups in total. The number of benzene rings is 2. The Bertz CT molecular complexity index is 1050. The Labute approximate surface area is 169 Å². The van der Waals surface area contributed by atoms with E-state index in [-0.39, 0.29) is 0 Å². The number of rotatable bonds is 5. The van der Waals surface area contributed by atoms with Crippen molar-refractivity contribution in [2.24, 2.45) is 0 Å². The van der Waals surface area contributed by atoms with Crippen molar-refractivity contribution in [3.8, 4) is 11.5 Å². The molecule has 0 aliphatic carbocycles. The van der Waals surface area contributed by atoms with Crippen LogP contribution in [0.1, 0.15) is 12.8 Å². The summed E-state index contributed by atoms with van der Waals surface area (Å²) in [5, 5.41) is 14.4. The third kappa shape index (κ3) is 3.95. The van der Waals surface area contributed by atoms with Crippen LogP contribution in [0, 0.1) is 0 Å². The lowest BCUT2D eigenvalue weighted by molar-refractivity contribution is 0.264. The van der Waals surface area contributed by atoms with Gasteiger partial charge in [0.1, 0.15) is 5.69 Å². The van der Waals surface area contributed by atoms with Crippen LogP contribution < -0.4 is 10.6 Å². The molecule has 1 fully saturated rings. The minimum absolute atomic E-state index is 0.558. The second kappa shape index (κ2) is 7.60. The fourth-order valence-corrected chi connectivity index (χ4v) is 3.77. The zero-order chi connectivity index (χ0) is 19.6. The van der Waals surface area contributed by atoms with E-state index < -0.39 is 0 Å². The molecule has 148 valence electrons. The average Bonchev–Trinajstić information content (AvgIpc) is 3.38. The highest BCUT2D eigenvalue weighted by molar-refractivity contribution is 5.79. The van der Waals surface area contributed by atoms with Crippen LogP contribution in [0.5, 0.6) is 0 Å². The van der Waals surface area contributed by atoms with Crippen LogP contribution in [0.4, 0.5) is 17.2 Å². The Morgan fingerprint density at radius 3 is 2.55 bits per heavy atom. The summed E-state index contributed by atoms with van der Waals surface area (Å²) >= 11 is 0. The van der Waals surface area contributed by atoms with Gasteiger partial charge in [0.25, 0.3) is 0 Å². The lowest BCUT2D eigenvalue weighted by Crippen LogP contribution is -2.36. The minimum Gasteiger partial charge on any atom is -0.382 e. The largest absolute Gasteiger partial charge is 0.382 e. The summed E-state index contributed by atoms with van der Waals surface area (Å²) in [4.78, 5) is 10.3. The van der Waals surface area contributed by atoms with Gasteiger partial charge >= 0.3 is 0 Å². The van der Waals surface area contributed by atoms with Crippen LogP contribution in [-0.4, -0.2) is 51.2 Å². The molecule has 4 aromatic rings. The van der Waals surface area contributed by atoms with Gasteiger partial charge in [0.2, 0.25) is 0 Å². The van der Waals surface area contributed by atoms with E-state index in [9.17, 15) is 0 Å². The van der Waals surface area contributed by atoms with Crippen molar-refractivity contribution in [2.45, 2.75) is 18.9 Å². The predicted octanol–water partition coefficient (Wildman–Crippen LogP) is 4.20. The van der Waals surface area contributed by atoms with Crippen molar-refractivity contribution in [2.75, 3.05) is 30.8 Å². The summed E-state index contributed by atoms with van der Waals surface area (Å²) in [6.07, 6.45) is 2.38. The van der Waals surface area contributed by atoms with Gasteiger partial charge in [-0.1, -0.05) is 12.1 Å². The van der Waals surface area contributed by atoms with Crippen LogP contribution in [-0.2, 0) is 0 Å². The number of imidazole rings is 1. The topological polar surface area (TPSA) is 84.7 Å². The van der Waals surface area contributed by atoms with E-state index in [4.69, 9.17) is 0 Å². The summed E-state index contributed by atoms with van der Waals surface area (Å²) in [7, 11) is 2.19. The maximum Gasteiger partial charge on any atom is 0.156 e. The lowest BCUT2D eigenvalue weighted by atomic mass is 10.1. The molecule has 1 aliphatic heterocycles. The van der Waals surface area contributed by atoms with Crippen LogP contribution >= 0.6 is 0 Å². The minimum atomic E-state index is 0.558. The Hall–Kier alpha value is -3.32. The number of para-hydroxylation sites is 2. The maximum absolute atomic E-state index is 4.61. The first kappa shape index (κ1) is 17.8. The molecule has 7 heteroatoms. The number of likely N-dealkylation sites (tertiary alicyclic amines) is 1. The molecule has 0 radical (unpaired) electrons. The number of nitrogens with one attached hydrogen (secondary N) is 4. The van der Waals surface area contributed by atoms with Gasteiger partial charge in [0.05, 0.1) is 11.0 Å². The van der Waals surface area contributed by atoms with Gasteiger partial charge in [-0.25, -0.2) is 4.98 Å². The number of aromatic amines is 2. The van der Waals surface area contributed by atoms with Gasteiger partial charge in [0.15, 0.2) is 11.6 Å². The van der Waals surface area contributed by atoms with E-state index in [0.717, 1.165) is 52.8 Å². The fourth-order valence-electron chi connectivity index (χ4n) is 3.77. The average molecular weight is 387 g/mol. The predicted molar refractivity (Wildman–Crippen MR) is 118 cm³/mol. The van der Waals surface area contributed by atoms with Gasteiger partial charge < -0.3 is 20.5 Å². The zero-order valence-corrected chi connectivity index (χ0v) is 16.4. The second-order valence-corrected chi connectivity index (χ2v) is 7.69. The summed E-state index contributed by atoms with van der Waals surface area (Å²) in [5.74, 6) is 1.54. The molecule has 1 saturated heterocycles. The Morgan fingerprint density at radius 1 is 1.00 bits per heavy atom. The van der Waals surface area contributed by atoms with E-state index in [2.05, 4.69) is 67.0 Å². The fraction of sp³-hybridized carbons (Fsp3) is 0.273. The highest BCUT2D eigenvalue weighted by Crippen LogP contribution is 2.24. The summed E-state index contributed by atoms with van der Waals surface area (Å²) < 4.78 is 0. The lowest BCUT2D eigenvalue weighted by Gasteiger charge is -2.30. The number of aromatic nitrogens is 4. The third-order valence-corrected chi connectivity index (χ3v) is 5.47. The third-order valence-electron chi connectivity index (χ3n) is 5.47.